The second-order valence-corrected chi connectivity index (χ2v) is 4.06. The molecule has 0 bridgehead atoms. The first kappa shape index (κ1) is 7.76. The Morgan fingerprint density at radius 3 is 2.83 bits per heavy atom. The van der Waals surface area contributed by atoms with E-state index in [-0.39, 0.29) is 0 Å². The molecule has 0 unspecified atom stereocenters. The number of aromatic nitrogens is 3. The van der Waals surface area contributed by atoms with Crippen LogP contribution in [0.25, 0.3) is 10.7 Å². The molecule has 0 saturated heterocycles. The Balaban J connectivity index is 2.43. The van der Waals surface area contributed by atoms with Gasteiger partial charge in [0.1, 0.15) is 5.82 Å². The lowest BCUT2D eigenvalue weighted by Gasteiger charge is -1.82. The minimum Gasteiger partial charge on any atom is -0.263 e. The van der Waals surface area contributed by atoms with Crippen LogP contribution in [-0.2, 0) is 0 Å². The first-order chi connectivity index (χ1) is 5.75. The topological polar surface area (TPSA) is 41.6 Å². The summed E-state index contributed by atoms with van der Waals surface area (Å²) in [4.78, 5) is 5.17. The maximum atomic E-state index is 5.77. The molecule has 2 aromatic heterocycles. The fourth-order valence-electron chi connectivity index (χ4n) is 0.887. The predicted molar refractivity (Wildman–Crippen MR) is 49.4 cm³/mol. The van der Waals surface area contributed by atoms with Crippen LogP contribution in [0.15, 0.2) is 12.1 Å². The summed E-state index contributed by atoms with van der Waals surface area (Å²) >= 11 is 7.24. The fraction of sp³-hybridized carbons (Fsp3) is 0.143. The van der Waals surface area contributed by atoms with Crippen molar-refractivity contribution in [1.29, 1.82) is 0 Å². The molecule has 2 heterocycles. The first-order valence-corrected chi connectivity index (χ1v) is 4.60. The highest BCUT2D eigenvalue weighted by Crippen LogP contribution is 2.28. The van der Waals surface area contributed by atoms with Crippen LogP contribution in [0.2, 0.25) is 4.34 Å². The third-order valence-corrected chi connectivity index (χ3v) is 2.62. The van der Waals surface area contributed by atoms with Crippen molar-refractivity contribution in [1.82, 2.24) is 15.2 Å². The number of aryl methyl sites for hydroxylation is 1. The zero-order valence-corrected chi connectivity index (χ0v) is 7.91. The molecule has 2 rings (SSSR count). The molecule has 0 radical (unpaired) electrons. The van der Waals surface area contributed by atoms with Gasteiger partial charge in [0.25, 0.3) is 0 Å². The summed E-state index contributed by atoms with van der Waals surface area (Å²) in [5, 5.41) is 6.79. The van der Waals surface area contributed by atoms with Crippen molar-refractivity contribution < 1.29 is 0 Å². The van der Waals surface area contributed by atoms with Gasteiger partial charge in [-0.05, 0) is 19.1 Å². The van der Waals surface area contributed by atoms with Crippen LogP contribution in [0.3, 0.4) is 0 Å². The van der Waals surface area contributed by atoms with Crippen LogP contribution in [0.4, 0.5) is 0 Å². The van der Waals surface area contributed by atoms with Crippen LogP contribution in [0, 0.1) is 6.92 Å². The lowest BCUT2D eigenvalue weighted by atomic mass is 10.4. The van der Waals surface area contributed by atoms with Gasteiger partial charge in [0.2, 0.25) is 0 Å². The van der Waals surface area contributed by atoms with Gasteiger partial charge in [0.05, 0.1) is 9.21 Å². The molecule has 0 aliphatic carbocycles. The Kier molecular flexibility index (Phi) is 1.86. The molecule has 0 fully saturated rings. The van der Waals surface area contributed by atoms with E-state index in [0.717, 1.165) is 15.0 Å². The first-order valence-electron chi connectivity index (χ1n) is 3.40. The molecule has 1 N–H and O–H groups in total. The summed E-state index contributed by atoms with van der Waals surface area (Å²) in [7, 11) is 0. The Labute approximate surface area is 78.4 Å². The summed E-state index contributed by atoms with van der Waals surface area (Å²) in [5.41, 5.74) is 0. The fourth-order valence-corrected chi connectivity index (χ4v) is 1.86. The molecule has 0 atom stereocenters. The molecule has 0 aliphatic heterocycles. The van der Waals surface area contributed by atoms with Crippen LogP contribution in [-0.4, -0.2) is 15.2 Å². The summed E-state index contributed by atoms with van der Waals surface area (Å²) in [6, 6.07) is 3.75. The van der Waals surface area contributed by atoms with Gasteiger partial charge in [0.15, 0.2) is 5.82 Å². The molecule has 2 aromatic rings. The van der Waals surface area contributed by atoms with Gasteiger partial charge in [-0.15, -0.1) is 11.3 Å². The maximum absolute atomic E-state index is 5.77. The molecule has 12 heavy (non-hydrogen) atoms. The van der Waals surface area contributed by atoms with E-state index in [9.17, 15) is 0 Å². The standard InChI is InChI=1S/C7H6ClN3S/c1-4-9-7(11-10-4)5-2-3-6(8)12-5/h2-3H,1H3,(H,9,10,11). The number of nitrogens with zero attached hydrogens (tertiary/aromatic N) is 2. The van der Waals surface area contributed by atoms with Crippen LogP contribution in [0.1, 0.15) is 5.82 Å². The number of hydrogen-bond acceptors (Lipinski definition) is 3. The highest BCUT2D eigenvalue weighted by Gasteiger charge is 2.05. The quantitative estimate of drug-likeness (QED) is 0.767. The van der Waals surface area contributed by atoms with Gasteiger partial charge in [-0.1, -0.05) is 11.6 Å². The van der Waals surface area contributed by atoms with Crippen molar-refractivity contribution in [2.24, 2.45) is 0 Å². The Morgan fingerprint density at radius 1 is 1.50 bits per heavy atom. The van der Waals surface area contributed by atoms with E-state index in [4.69, 9.17) is 11.6 Å². The van der Waals surface area contributed by atoms with Crippen LogP contribution in [0.5, 0.6) is 0 Å². The van der Waals surface area contributed by atoms with Crippen molar-refractivity contribution in [3.8, 4) is 10.7 Å². The zero-order valence-electron chi connectivity index (χ0n) is 6.34. The molecule has 0 amide bonds. The number of aromatic amines is 1. The molecule has 3 nitrogen and oxygen atoms in total. The van der Waals surface area contributed by atoms with E-state index in [2.05, 4.69) is 15.2 Å². The van der Waals surface area contributed by atoms with Gasteiger partial charge < -0.3 is 0 Å². The van der Waals surface area contributed by atoms with E-state index in [1.807, 2.05) is 19.1 Å². The maximum Gasteiger partial charge on any atom is 0.191 e. The number of hydrogen-bond donors (Lipinski definition) is 1. The average molecular weight is 200 g/mol. The number of halogens is 1. The highest BCUT2D eigenvalue weighted by molar-refractivity contribution is 7.19. The number of rotatable bonds is 1. The molecule has 5 heteroatoms. The minimum absolute atomic E-state index is 0.712. The second kappa shape index (κ2) is 2.88. The average Bonchev–Trinajstić information content (AvgIpc) is 2.58. The smallest absolute Gasteiger partial charge is 0.191 e. The molecular weight excluding hydrogens is 194 g/mol. The van der Waals surface area contributed by atoms with E-state index < -0.39 is 0 Å². The van der Waals surface area contributed by atoms with Crippen LogP contribution >= 0.6 is 22.9 Å². The molecule has 0 spiro atoms. The normalized spacial score (nSPS) is 10.5. The summed E-state index contributed by atoms with van der Waals surface area (Å²) in [6.07, 6.45) is 0. The number of H-pyrrole nitrogens is 1. The van der Waals surface area contributed by atoms with Gasteiger partial charge >= 0.3 is 0 Å². The Morgan fingerprint density at radius 2 is 2.33 bits per heavy atom. The van der Waals surface area contributed by atoms with Gasteiger partial charge in [-0.2, -0.15) is 5.10 Å². The van der Waals surface area contributed by atoms with Crippen LogP contribution < -0.4 is 0 Å². The largest absolute Gasteiger partial charge is 0.263 e. The van der Waals surface area contributed by atoms with Gasteiger partial charge in [-0.3, -0.25) is 5.10 Å². The number of thiophene rings is 1. The third-order valence-electron chi connectivity index (χ3n) is 1.39. The van der Waals surface area contributed by atoms with E-state index in [0.29, 0.717) is 5.82 Å². The third kappa shape index (κ3) is 1.35. The van der Waals surface area contributed by atoms with Crippen molar-refractivity contribution >= 4 is 22.9 Å². The number of nitrogens with one attached hydrogen (secondary N) is 1. The van der Waals surface area contributed by atoms with E-state index >= 15 is 0 Å². The summed E-state index contributed by atoms with van der Waals surface area (Å²) < 4.78 is 0.757. The molecule has 62 valence electrons. The van der Waals surface area contributed by atoms with Gasteiger partial charge in [0, 0.05) is 0 Å². The Bertz CT molecular complexity index is 355. The van der Waals surface area contributed by atoms with Crippen molar-refractivity contribution in [3.05, 3.63) is 22.3 Å². The highest BCUT2D eigenvalue weighted by atomic mass is 35.5. The second-order valence-electron chi connectivity index (χ2n) is 2.35. The monoisotopic (exact) mass is 199 g/mol. The van der Waals surface area contributed by atoms with E-state index in [1.54, 1.807) is 0 Å². The zero-order chi connectivity index (χ0) is 8.55. The van der Waals surface area contributed by atoms with Crippen molar-refractivity contribution in [3.63, 3.8) is 0 Å². The predicted octanol–water partition coefficient (Wildman–Crippen LogP) is 2.50. The van der Waals surface area contributed by atoms with E-state index in [1.165, 1.54) is 11.3 Å². The minimum atomic E-state index is 0.712. The summed E-state index contributed by atoms with van der Waals surface area (Å²) in [6.45, 7) is 1.87. The van der Waals surface area contributed by atoms with Crippen molar-refractivity contribution in [2.75, 3.05) is 0 Å². The Hall–Kier alpha value is -0.870. The molecule has 0 aliphatic rings. The lowest BCUT2D eigenvalue weighted by Crippen LogP contribution is -1.73. The SMILES string of the molecule is Cc1nc(-c2ccc(Cl)s2)n[nH]1. The van der Waals surface area contributed by atoms with Crippen molar-refractivity contribution in [2.45, 2.75) is 6.92 Å². The summed E-state index contributed by atoms with van der Waals surface area (Å²) in [5.74, 6) is 1.53. The molecule has 0 aromatic carbocycles. The van der Waals surface area contributed by atoms with Gasteiger partial charge in [-0.25, -0.2) is 4.98 Å². The molecule has 0 saturated carbocycles. The lowest BCUT2D eigenvalue weighted by molar-refractivity contribution is 1.04. The molecular formula is C7H6ClN3S.